The molecule has 0 fully saturated rings. The van der Waals surface area contributed by atoms with Crippen molar-refractivity contribution >= 4 is 11.8 Å². The second-order valence-electron chi connectivity index (χ2n) is 4.74. The summed E-state index contributed by atoms with van der Waals surface area (Å²) in [4.78, 5) is 8.36. The molecule has 0 radical (unpaired) electrons. The molecule has 0 aliphatic heterocycles. The van der Waals surface area contributed by atoms with Crippen LogP contribution < -0.4 is 5.32 Å². The van der Waals surface area contributed by atoms with Crippen LogP contribution in [0.4, 0.5) is 0 Å². The SMILES string of the molecule is CC(C)CNCCn1nnnc1SCc1ncccn1. The van der Waals surface area contributed by atoms with Crippen LogP contribution in [0, 0.1) is 5.92 Å². The zero-order chi connectivity index (χ0) is 14.2. The molecule has 0 atom stereocenters. The molecule has 2 aromatic heterocycles. The topological polar surface area (TPSA) is 81.4 Å². The molecule has 2 aromatic rings. The average molecular weight is 293 g/mol. The van der Waals surface area contributed by atoms with Gasteiger partial charge >= 0.3 is 0 Å². The predicted octanol–water partition coefficient (Wildman–Crippen LogP) is 1.00. The van der Waals surface area contributed by atoms with E-state index in [-0.39, 0.29) is 0 Å². The Hall–Kier alpha value is -1.54. The third kappa shape index (κ3) is 4.86. The van der Waals surface area contributed by atoms with Gasteiger partial charge in [0.2, 0.25) is 5.16 Å². The Balaban J connectivity index is 1.79. The summed E-state index contributed by atoms with van der Waals surface area (Å²) in [6.45, 7) is 7.00. The Bertz CT molecular complexity index is 500. The van der Waals surface area contributed by atoms with E-state index in [1.54, 1.807) is 34.9 Å². The number of hydrogen-bond acceptors (Lipinski definition) is 7. The van der Waals surface area contributed by atoms with Gasteiger partial charge in [0.05, 0.1) is 12.3 Å². The fourth-order valence-electron chi connectivity index (χ4n) is 1.55. The largest absolute Gasteiger partial charge is 0.315 e. The van der Waals surface area contributed by atoms with Gasteiger partial charge in [-0.05, 0) is 29.0 Å². The molecular formula is C12H19N7S. The highest BCUT2D eigenvalue weighted by molar-refractivity contribution is 7.98. The number of rotatable bonds is 8. The van der Waals surface area contributed by atoms with Gasteiger partial charge in [-0.25, -0.2) is 14.6 Å². The van der Waals surface area contributed by atoms with Crippen LogP contribution in [0.3, 0.4) is 0 Å². The highest BCUT2D eigenvalue weighted by atomic mass is 32.2. The summed E-state index contributed by atoms with van der Waals surface area (Å²) in [7, 11) is 0. The lowest BCUT2D eigenvalue weighted by Crippen LogP contribution is -2.24. The molecule has 2 rings (SSSR count). The van der Waals surface area contributed by atoms with Crippen molar-refractivity contribution in [2.24, 2.45) is 5.92 Å². The molecule has 0 aliphatic carbocycles. The van der Waals surface area contributed by atoms with Crippen molar-refractivity contribution in [2.45, 2.75) is 31.3 Å². The summed E-state index contributed by atoms with van der Waals surface area (Å²) >= 11 is 1.55. The number of aromatic nitrogens is 6. The molecule has 0 saturated heterocycles. The van der Waals surface area contributed by atoms with Gasteiger partial charge in [-0.1, -0.05) is 25.6 Å². The normalized spacial score (nSPS) is 11.2. The summed E-state index contributed by atoms with van der Waals surface area (Å²) in [6.07, 6.45) is 3.48. The molecule has 7 nitrogen and oxygen atoms in total. The second kappa shape index (κ2) is 7.91. The van der Waals surface area contributed by atoms with Gasteiger partial charge in [0, 0.05) is 18.9 Å². The van der Waals surface area contributed by atoms with E-state index in [1.807, 2.05) is 0 Å². The quantitative estimate of drug-likeness (QED) is 0.574. The van der Waals surface area contributed by atoms with Gasteiger partial charge in [-0.15, -0.1) is 5.10 Å². The minimum absolute atomic E-state index is 0.646. The van der Waals surface area contributed by atoms with E-state index in [2.05, 4.69) is 44.7 Å². The van der Waals surface area contributed by atoms with Crippen LogP contribution in [0.15, 0.2) is 23.6 Å². The van der Waals surface area contributed by atoms with Crippen LogP contribution in [0.1, 0.15) is 19.7 Å². The smallest absolute Gasteiger partial charge is 0.209 e. The average Bonchev–Trinajstić information content (AvgIpc) is 2.90. The van der Waals surface area contributed by atoms with Gasteiger partial charge in [-0.3, -0.25) is 0 Å². The second-order valence-corrected chi connectivity index (χ2v) is 5.68. The van der Waals surface area contributed by atoms with Gasteiger partial charge < -0.3 is 5.32 Å². The molecule has 108 valence electrons. The first kappa shape index (κ1) is 14.9. The first-order valence-corrected chi connectivity index (χ1v) is 7.60. The Kier molecular flexibility index (Phi) is 5.87. The van der Waals surface area contributed by atoms with E-state index in [0.29, 0.717) is 11.7 Å². The monoisotopic (exact) mass is 293 g/mol. The van der Waals surface area contributed by atoms with Crippen LogP contribution in [0.2, 0.25) is 0 Å². The van der Waals surface area contributed by atoms with Crippen LogP contribution in [0.5, 0.6) is 0 Å². The molecule has 1 N–H and O–H groups in total. The fraction of sp³-hybridized carbons (Fsp3) is 0.583. The van der Waals surface area contributed by atoms with Gasteiger partial charge in [0.15, 0.2) is 0 Å². The maximum atomic E-state index is 4.18. The van der Waals surface area contributed by atoms with E-state index < -0.39 is 0 Å². The van der Waals surface area contributed by atoms with Crippen molar-refractivity contribution in [3.8, 4) is 0 Å². The summed E-state index contributed by atoms with van der Waals surface area (Å²) in [5.74, 6) is 2.10. The lowest BCUT2D eigenvalue weighted by atomic mass is 10.2. The highest BCUT2D eigenvalue weighted by Crippen LogP contribution is 2.17. The molecular weight excluding hydrogens is 274 g/mol. The molecule has 0 aromatic carbocycles. The third-order valence-corrected chi connectivity index (χ3v) is 3.45. The Labute approximate surface area is 122 Å². The summed E-state index contributed by atoms with van der Waals surface area (Å²) in [5.41, 5.74) is 0. The Morgan fingerprint density at radius 3 is 2.85 bits per heavy atom. The predicted molar refractivity (Wildman–Crippen MR) is 77.1 cm³/mol. The molecule has 8 heteroatoms. The Morgan fingerprint density at radius 1 is 1.30 bits per heavy atom. The first-order valence-electron chi connectivity index (χ1n) is 6.61. The maximum Gasteiger partial charge on any atom is 0.209 e. The van der Waals surface area contributed by atoms with Gasteiger partial charge in [0.1, 0.15) is 5.82 Å². The molecule has 0 bridgehead atoms. The van der Waals surface area contributed by atoms with Crippen molar-refractivity contribution in [2.75, 3.05) is 13.1 Å². The van der Waals surface area contributed by atoms with Crippen LogP contribution in [-0.2, 0) is 12.3 Å². The number of nitrogens with one attached hydrogen (secondary N) is 1. The summed E-state index contributed by atoms with van der Waals surface area (Å²) in [6, 6.07) is 1.80. The summed E-state index contributed by atoms with van der Waals surface area (Å²) in [5, 5.41) is 15.9. The lowest BCUT2D eigenvalue weighted by molar-refractivity contribution is 0.482. The van der Waals surface area contributed by atoms with Crippen molar-refractivity contribution in [3.05, 3.63) is 24.3 Å². The number of nitrogens with zero attached hydrogens (tertiary/aromatic N) is 6. The van der Waals surface area contributed by atoms with Crippen molar-refractivity contribution in [1.82, 2.24) is 35.5 Å². The van der Waals surface area contributed by atoms with Gasteiger partial charge in [-0.2, -0.15) is 0 Å². The van der Waals surface area contributed by atoms with E-state index in [4.69, 9.17) is 0 Å². The lowest BCUT2D eigenvalue weighted by Gasteiger charge is -2.07. The van der Waals surface area contributed by atoms with E-state index in [9.17, 15) is 0 Å². The minimum Gasteiger partial charge on any atom is -0.315 e. The van der Waals surface area contributed by atoms with Gasteiger partial charge in [0.25, 0.3) is 0 Å². The zero-order valence-electron chi connectivity index (χ0n) is 11.7. The molecule has 2 heterocycles. The van der Waals surface area contributed by atoms with E-state index in [0.717, 1.165) is 30.6 Å². The highest BCUT2D eigenvalue weighted by Gasteiger charge is 2.07. The fourth-order valence-corrected chi connectivity index (χ4v) is 2.33. The van der Waals surface area contributed by atoms with Crippen LogP contribution in [-0.4, -0.2) is 43.3 Å². The first-order chi connectivity index (χ1) is 9.75. The molecule has 0 spiro atoms. The molecule has 0 amide bonds. The number of thioether (sulfide) groups is 1. The summed E-state index contributed by atoms with van der Waals surface area (Å²) < 4.78 is 1.81. The van der Waals surface area contributed by atoms with Crippen molar-refractivity contribution in [1.29, 1.82) is 0 Å². The van der Waals surface area contributed by atoms with Crippen molar-refractivity contribution in [3.63, 3.8) is 0 Å². The molecule has 0 aliphatic rings. The minimum atomic E-state index is 0.646. The van der Waals surface area contributed by atoms with Crippen LogP contribution >= 0.6 is 11.8 Å². The number of tetrazole rings is 1. The third-order valence-electron chi connectivity index (χ3n) is 2.50. The Morgan fingerprint density at radius 2 is 2.10 bits per heavy atom. The van der Waals surface area contributed by atoms with E-state index in [1.165, 1.54) is 0 Å². The molecule has 0 saturated carbocycles. The molecule has 20 heavy (non-hydrogen) atoms. The molecule has 0 unspecified atom stereocenters. The van der Waals surface area contributed by atoms with E-state index >= 15 is 0 Å². The van der Waals surface area contributed by atoms with Crippen LogP contribution in [0.25, 0.3) is 0 Å². The standard InChI is InChI=1S/C12H19N7S/c1-10(2)8-13-6-7-19-12(16-17-18-19)20-9-11-14-4-3-5-15-11/h3-5,10,13H,6-9H2,1-2H3. The maximum absolute atomic E-state index is 4.18. The zero-order valence-corrected chi connectivity index (χ0v) is 12.5. The number of hydrogen-bond donors (Lipinski definition) is 1. The van der Waals surface area contributed by atoms with Crippen molar-refractivity contribution < 1.29 is 0 Å².